The van der Waals surface area contributed by atoms with Gasteiger partial charge in [-0.2, -0.15) is 0 Å². The monoisotopic (exact) mass is 285 g/mol. The van der Waals surface area contributed by atoms with Crippen molar-refractivity contribution in [2.24, 2.45) is 16.3 Å². The fourth-order valence-corrected chi connectivity index (χ4v) is 1.47. The average Bonchev–Trinajstić information content (AvgIpc) is 2.37. The van der Waals surface area contributed by atoms with Crippen LogP contribution in [0.1, 0.15) is 13.8 Å². The van der Waals surface area contributed by atoms with Crippen LogP contribution in [0.25, 0.3) is 0 Å². The molecule has 19 heavy (non-hydrogen) atoms. The van der Waals surface area contributed by atoms with Crippen molar-refractivity contribution in [3.63, 3.8) is 0 Å². The molecule has 0 heterocycles. The Balaban J connectivity index is 3.03. The molecule has 0 atom stereocenters. The molecular weight excluding hydrogens is 270 g/mol. The smallest absolute Gasteiger partial charge is 0.237 e. The number of methoxy groups -OCH3 is 1. The van der Waals surface area contributed by atoms with E-state index in [9.17, 15) is 4.79 Å². The number of nitrogens with zero attached hydrogens (tertiary/aromatic N) is 1. The zero-order valence-corrected chi connectivity index (χ0v) is 11.7. The van der Waals surface area contributed by atoms with E-state index in [0.717, 1.165) is 0 Å². The Morgan fingerprint density at radius 1 is 1.53 bits per heavy atom. The van der Waals surface area contributed by atoms with Crippen LogP contribution in [0.2, 0.25) is 5.02 Å². The third-order valence-corrected chi connectivity index (χ3v) is 2.96. The lowest BCUT2D eigenvalue weighted by Crippen LogP contribution is -2.42. The number of nitrogens with two attached hydrogens (primary N) is 1. The lowest BCUT2D eigenvalue weighted by atomic mass is 9.91. The lowest BCUT2D eigenvalue weighted by molar-refractivity contribution is -0.121. The molecule has 0 saturated heterocycles. The van der Waals surface area contributed by atoms with Crippen LogP contribution in [0.15, 0.2) is 23.4 Å². The summed E-state index contributed by atoms with van der Waals surface area (Å²) in [6.07, 6.45) is 0. The maximum atomic E-state index is 12.1. The maximum absolute atomic E-state index is 12.1. The molecule has 1 amide bonds. The average molecular weight is 286 g/mol. The number of halogens is 1. The van der Waals surface area contributed by atoms with Gasteiger partial charge in [-0.05, 0) is 32.0 Å². The quantitative estimate of drug-likeness (QED) is 0.341. The third-order valence-electron chi connectivity index (χ3n) is 2.73. The molecule has 1 aromatic carbocycles. The van der Waals surface area contributed by atoms with Gasteiger partial charge in [0.15, 0.2) is 5.84 Å². The second-order valence-electron chi connectivity index (χ2n) is 4.41. The van der Waals surface area contributed by atoms with Gasteiger partial charge in [0.05, 0.1) is 12.8 Å². The minimum absolute atomic E-state index is 0.189. The zero-order chi connectivity index (χ0) is 14.6. The molecule has 0 aliphatic heterocycles. The third kappa shape index (κ3) is 3.29. The predicted molar refractivity (Wildman–Crippen MR) is 73.8 cm³/mol. The van der Waals surface area contributed by atoms with Crippen molar-refractivity contribution in [2.75, 3.05) is 12.4 Å². The van der Waals surface area contributed by atoms with Gasteiger partial charge in [-0.1, -0.05) is 16.8 Å². The minimum atomic E-state index is -1.16. The van der Waals surface area contributed by atoms with Crippen LogP contribution in [0.4, 0.5) is 5.69 Å². The fourth-order valence-electron chi connectivity index (χ4n) is 1.30. The molecule has 0 aliphatic rings. The number of oxime groups is 1. The second kappa shape index (κ2) is 5.79. The molecule has 0 aromatic heterocycles. The summed E-state index contributed by atoms with van der Waals surface area (Å²) < 4.78 is 5.12. The van der Waals surface area contributed by atoms with Crippen molar-refractivity contribution < 1.29 is 14.7 Å². The first-order valence-corrected chi connectivity index (χ1v) is 5.83. The molecule has 1 aromatic rings. The lowest BCUT2D eigenvalue weighted by Gasteiger charge is -2.22. The van der Waals surface area contributed by atoms with Gasteiger partial charge in [-0.3, -0.25) is 4.79 Å². The van der Waals surface area contributed by atoms with E-state index < -0.39 is 11.3 Å². The highest BCUT2D eigenvalue weighted by molar-refractivity contribution is 6.31. The Morgan fingerprint density at radius 3 is 2.68 bits per heavy atom. The highest BCUT2D eigenvalue weighted by Gasteiger charge is 2.33. The summed E-state index contributed by atoms with van der Waals surface area (Å²) in [5, 5.41) is 14.6. The van der Waals surface area contributed by atoms with E-state index in [1.807, 2.05) is 0 Å². The first kappa shape index (κ1) is 15.1. The molecule has 4 N–H and O–H groups in total. The molecule has 7 heteroatoms. The van der Waals surface area contributed by atoms with Gasteiger partial charge < -0.3 is 21.0 Å². The van der Waals surface area contributed by atoms with E-state index in [2.05, 4.69) is 10.5 Å². The standard InChI is InChI=1S/C12H16ClN3O3/c1-12(2,10(14)16-18)11(17)15-8-6-7(13)4-5-9(8)19-3/h4-6,18H,1-3H3,(H2,14,16)(H,15,17). The van der Waals surface area contributed by atoms with Crippen molar-refractivity contribution in [2.45, 2.75) is 13.8 Å². The van der Waals surface area contributed by atoms with E-state index in [1.165, 1.54) is 21.0 Å². The fraction of sp³-hybridized carbons (Fsp3) is 0.333. The Morgan fingerprint density at radius 2 is 2.16 bits per heavy atom. The molecule has 104 valence electrons. The van der Waals surface area contributed by atoms with Crippen LogP contribution < -0.4 is 15.8 Å². The van der Waals surface area contributed by atoms with Crippen LogP contribution in [0.3, 0.4) is 0 Å². The molecule has 0 aliphatic carbocycles. The number of nitrogens with one attached hydrogen (secondary N) is 1. The van der Waals surface area contributed by atoms with Gasteiger partial charge in [0.1, 0.15) is 11.2 Å². The van der Waals surface area contributed by atoms with Crippen molar-refractivity contribution in [3.05, 3.63) is 23.2 Å². The van der Waals surface area contributed by atoms with Crippen molar-refractivity contribution in [1.82, 2.24) is 0 Å². The molecule has 1 rings (SSSR count). The van der Waals surface area contributed by atoms with Gasteiger partial charge in [-0.25, -0.2) is 0 Å². The van der Waals surface area contributed by atoms with Crippen molar-refractivity contribution in [1.29, 1.82) is 0 Å². The molecule has 6 nitrogen and oxygen atoms in total. The van der Waals surface area contributed by atoms with E-state index in [0.29, 0.717) is 16.5 Å². The molecule has 0 radical (unpaired) electrons. The largest absolute Gasteiger partial charge is 0.495 e. The number of carbonyl (C=O) groups is 1. The van der Waals surface area contributed by atoms with E-state index in [-0.39, 0.29) is 5.84 Å². The van der Waals surface area contributed by atoms with Crippen LogP contribution in [0.5, 0.6) is 5.75 Å². The van der Waals surface area contributed by atoms with Crippen LogP contribution >= 0.6 is 11.6 Å². The van der Waals surface area contributed by atoms with Crippen LogP contribution in [-0.2, 0) is 4.79 Å². The predicted octanol–water partition coefficient (Wildman–Crippen LogP) is 2.06. The summed E-state index contributed by atoms with van der Waals surface area (Å²) in [6, 6.07) is 4.83. The number of ether oxygens (including phenoxy) is 1. The van der Waals surface area contributed by atoms with E-state index in [4.69, 9.17) is 27.3 Å². The number of amidine groups is 1. The Bertz CT molecular complexity index is 515. The Kier molecular flexibility index (Phi) is 4.61. The zero-order valence-electron chi connectivity index (χ0n) is 10.9. The van der Waals surface area contributed by atoms with Crippen LogP contribution in [0, 0.1) is 5.41 Å². The number of benzene rings is 1. The number of rotatable bonds is 4. The van der Waals surface area contributed by atoms with Gasteiger partial charge in [0, 0.05) is 5.02 Å². The number of carbonyl (C=O) groups excluding carboxylic acids is 1. The summed E-state index contributed by atoms with van der Waals surface area (Å²) in [7, 11) is 1.48. The van der Waals surface area contributed by atoms with Gasteiger partial charge in [-0.15, -0.1) is 0 Å². The minimum Gasteiger partial charge on any atom is -0.495 e. The van der Waals surface area contributed by atoms with Crippen LogP contribution in [-0.4, -0.2) is 24.1 Å². The number of hydrogen-bond donors (Lipinski definition) is 3. The molecule has 0 fully saturated rings. The highest BCUT2D eigenvalue weighted by Crippen LogP contribution is 2.29. The first-order chi connectivity index (χ1) is 8.82. The number of anilines is 1. The molecule has 0 saturated carbocycles. The summed E-state index contributed by atoms with van der Waals surface area (Å²) in [4.78, 5) is 12.1. The summed E-state index contributed by atoms with van der Waals surface area (Å²) >= 11 is 5.87. The van der Waals surface area contributed by atoms with E-state index in [1.54, 1.807) is 18.2 Å². The molecule has 0 bridgehead atoms. The SMILES string of the molecule is COc1ccc(Cl)cc1NC(=O)C(C)(C)C(N)=NO. The second-order valence-corrected chi connectivity index (χ2v) is 4.85. The van der Waals surface area contributed by atoms with E-state index >= 15 is 0 Å². The Labute approximate surface area is 116 Å². The molecule has 0 unspecified atom stereocenters. The van der Waals surface area contributed by atoms with Gasteiger partial charge in [0.2, 0.25) is 5.91 Å². The number of amides is 1. The maximum Gasteiger partial charge on any atom is 0.237 e. The van der Waals surface area contributed by atoms with Crippen molar-refractivity contribution >= 4 is 29.0 Å². The summed E-state index contributed by atoms with van der Waals surface area (Å²) in [5.41, 5.74) is 4.74. The molecular formula is C12H16ClN3O3. The number of hydrogen-bond acceptors (Lipinski definition) is 4. The summed E-state index contributed by atoms with van der Waals surface area (Å²) in [6.45, 7) is 3.07. The van der Waals surface area contributed by atoms with Gasteiger partial charge >= 0.3 is 0 Å². The Hall–Kier alpha value is -1.95. The normalized spacial score (nSPS) is 12.1. The highest BCUT2D eigenvalue weighted by atomic mass is 35.5. The van der Waals surface area contributed by atoms with Crippen molar-refractivity contribution in [3.8, 4) is 5.75 Å². The first-order valence-electron chi connectivity index (χ1n) is 5.46. The topological polar surface area (TPSA) is 96.9 Å². The molecule has 0 spiro atoms. The summed E-state index contributed by atoms with van der Waals surface area (Å²) in [5.74, 6) is -0.164. The van der Waals surface area contributed by atoms with Gasteiger partial charge in [0.25, 0.3) is 0 Å².